The van der Waals surface area contributed by atoms with Crippen molar-refractivity contribution in [1.29, 1.82) is 0 Å². The molecule has 98 valence electrons. The number of nitrogens with zero attached hydrogens (tertiary/aromatic N) is 1. The van der Waals surface area contributed by atoms with Crippen molar-refractivity contribution in [3.8, 4) is 0 Å². The van der Waals surface area contributed by atoms with Gasteiger partial charge in [-0.05, 0) is 37.2 Å². The summed E-state index contributed by atoms with van der Waals surface area (Å²) in [6, 6.07) is 10.5. The fraction of sp³-hybridized carbons (Fsp3) is 0.625. The quantitative estimate of drug-likeness (QED) is 0.885. The third kappa shape index (κ3) is 2.32. The van der Waals surface area contributed by atoms with Crippen LogP contribution in [0.4, 0.5) is 0 Å². The predicted molar refractivity (Wildman–Crippen MR) is 75.3 cm³/mol. The summed E-state index contributed by atoms with van der Waals surface area (Å²) in [5.74, 6) is 1.91. The SMILES string of the molecule is CC(N)(CN1CC2CCCC2C1)c1ccccc1. The summed E-state index contributed by atoms with van der Waals surface area (Å²) in [5.41, 5.74) is 7.56. The zero-order chi connectivity index (χ0) is 12.6. The van der Waals surface area contributed by atoms with Crippen LogP contribution < -0.4 is 5.73 Å². The molecule has 2 N–H and O–H groups in total. The van der Waals surface area contributed by atoms with Gasteiger partial charge in [0.1, 0.15) is 0 Å². The molecule has 3 atom stereocenters. The average molecular weight is 244 g/mol. The van der Waals surface area contributed by atoms with E-state index in [1.807, 2.05) is 0 Å². The highest BCUT2D eigenvalue weighted by molar-refractivity contribution is 5.23. The Morgan fingerprint density at radius 3 is 2.39 bits per heavy atom. The van der Waals surface area contributed by atoms with Crippen LogP contribution in [0.1, 0.15) is 31.7 Å². The number of nitrogens with two attached hydrogens (primary N) is 1. The molecule has 0 radical (unpaired) electrons. The second-order valence-corrected chi connectivity index (χ2v) is 6.43. The molecule has 18 heavy (non-hydrogen) atoms. The first-order valence-electron chi connectivity index (χ1n) is 7.22. The minimum absolute atomic E-state index is 0.222. The van der Waals surface area contributed by atoms with E-state index in [9.17, 15) is 0 Å². The van der Waals surface area contributed by atoms with Gasteiger partial charge >= 0.3 is 0 Å². The molecule has 1 aromatic rings. The van der Waals surface area contributed by atoms with Crippen LogP contribution in [-0.2, 0) is 5.54 Å². The van der Waals surface area contributed by atoms with E-state index in [1.54, 1.807) is 0 Å². The minimum atomic E-state index is -0.222. The van der Waals surface area contributed by atoms with Crippen LogP contribution in [0.3, 0.4) is 0 Å². The fourth-order valence-corrected chi connectivity index (χ4v) is 3.84. The Morgan fingerprint density at radius 2 is 1.78 bits per heavy atom. The Labute approximate surface area is 110 Å². The normalized spacial score (nSPS) is 31.2. The first-order chi connectivity index (χ1) is 8.65. The Kier molecular flexibility index (Phi) is 3.16. The van der Waals surface area contributed by atoms with Crippen LogP contribution in [0.15, 0.2) is 30.3 Å². The number of fused-ring (bicyclic) bond motifs is 1. The molecule has 3 rings (SSSR count). The summed E-state index contributed by atoms with van der Waals surface area (Å²) in [6.45, 7) is 5.69. The molecule has 2 nitrogen and oxygen atoms in total. The van der Waals surface area contributed by atoms with Crippen molar-refractivity contribution in [3.05, 3.63) is 35.9 Å². The van der Waals surface area contributed by atoms with Crippen LogP contribution >= 0.6 is 0 Å². The maximum atomic E-state index is 6.53. The third-order valence-electron chi connectivity index (χ3n) is 4.79. The molecule has 1 heterocycles. The maximum absolute atomic E-state index is 6.53. The van der Waals surface area contributed by atoms with Crippen LogP contribution in [0.2, 0.25) is 0 Å². The lowest BCUT2D eigenvalue weighted by atomic mass is 9.92. The molecular weight excluding hydrogens is 220 g/mol. The number of hydrogen-bond acceptors (Lipinski definition) is 2. The van der Waals surface area contributed by atoms with E-state index in [2.05, 4.69) is 42.2 Å². The van der Waals surface area contributed by atoms with E-state index in [-0.39, 0.29) is 5.54 Å². The van der Waals surface area contributed by atoms with Crippen molar-refractivity contribution in [2.75, 3.05) is 19.6 Å². The Balaban J connectivity index is 1.66. The van der Waals surface area contributed by atoms with Gasteiger partial charge in [-0.15, -0.1) is 0 Å². The molecule has 0 aromatic heterocycles. The summed E-state index contributed by atoms with van der Waals surface area (Å²) in [5, 5.41) is 0. The van der Waals surface area contributed by atoms with E-state index in [4.69, 9.17) is 5.73 Å². The van der Waals surface area contributed by atoms with E-state index in [0.717, 1.165) is 18.4 Å². The van der Waals surface area contributed by atoms with Gasteiger partial charge in [-0.1, -0.05) is 36.8 Å². The number of rotatable bonds is 3. The molecule has 2 fully saturated rings. The molecule has 1 aliphatic carbocycles. The highest BCUT2D eigenvalue weighted by Crippen LogP contribution is 2.38. The highest BCUT2D eigenvalue weighted by atomic mass is 15.2. The number of hydrogen-bond donors (Lipinski definition) is 1. The van der Waals surface area contributed by atoms with E-state index >= 15 is 0 Å². The Morgan fingerprint density at radius 1 is 1.17 bits per heavy atom. The molecular formula is C16H24N2. The summed E-state index contributed by atoms with van der Waals surface area (Å²) in [6.07, 6.45) is 4.32. The van der Waals surface area contributed by atoms with Gasteiger partial charge in [0, 0.05) is 19.6 Å². The molecule has 1 saturated heterocycles. The van der Waals surface area contributed by atoms with Gasteiger partial charge in [0.05, 0.1) is 5.54 Å². The molecule has 1 aromatic carbocycles. The molecule has 0 amide bonds. The van der Waals surface area contributed by atoms with Crippen molar-refractivity contribution in [2.24, 2.45) is 17.6 Å². The maximum Gasteiger partial charge on any atom is 0.0509 e. The van der Waals surface area contributed by atoms with Crippen molar-refractivity contribution < 1.29 is 0 Å². The molecule has 1 aliphatic heterocycles. The van der Waals surface area contributed by atoms with Gasteiger partial charge in [-0.2, -0.15) is 0 Å². The van der Waals surface area contributed by atoms with Crippen LogP contribution in [-0.4, -0.2) is 24.5 Å². The first kappa shape index (κ1) is 12.2. The zero-order valence-corrected chi connectivity index (χ0v) is 11.3. The zero-order valence-electron chi connectivity index (χ0n) is 11.3. The lowest BCUT2D eigenvalue weighted by Crippen LogP contribution is -2.44. The molecule has 3 unspecified atom stereocenters. The predicted octanol–water partition coefficient (Wildman–Crippen LogP) is 2.59. The van der Waals surface area contributed by atoms with E-state index < -0.39 is 0 Å². The van der Waals surface area contributed by atoms with Crippen molar-refractivity contribution in [2.45, 2.75) is 31.7 Å². The monoisotopic (exact) mass is 244 g/mol. The van der Waals surface area contributed by atoms with Crippen molar-refractivity contribution in [3.63, 3.8) is 0 Å². The molecule has 2 heteroatoms. The van der Waals surface area contributed by atoms with Crippen LogP contribution in [0, 0.1) is 11.8 Å². The summed E-state index contributed by atoms with van der Waals surface area (Å²) in [7, 11) is 0. The standard InChI is InChI=1S/C16H24N2/c1-16(17,15-8-3-2-4-9-15)12-18-10-13-6-5-7-14(13)11-18/h2-4,8-9,13-14H,5-7,10-12,17H2,1H3. The van der Waals surface area contributed by atoms with Gasteiger partial charge in [0.15, 0.2) is 0 Å². The van der Waals surface area contributed by atoms with Crippen molar-refractivity contribution >= 4 is 0 Å². The Bertz CT molecular complexity index is 387. The largest absolute Gasteiger partial charge is 0.321 e. The number of likely N-dealkylation sites (tertiary alicyclic amines) is 1. The smallest absolute Gasteiger partial charge is 0.0509 e. The minimum Gasteiger partial charge on any atom is -0.321 e. The van der Waals surface area contributed by atoms with Gasteiger partial charge < -0.3 is 10.6 Å². The van der Waals surface area contributed by atoms with E-state index in [1.165, 1.54) is 37.9 Å². The van der Waals surface area contributed by atoms with Gasteiger partial charge in [0.25, 0.3) is 0 Å². The lowest BCUT2D eigenvalue weighted by molar-refractivity contribution is 0.244. The second kappa shape index (κ2) is 4.67. The summed E-state index contributed by atoms with van der Waals surface area (Å²) in [4.78, 5) is 2.58. The van der Waals surface area contributed by atoms with Crippen LogP contribution in [0.5, 0.6) is 0 Å². The third-order valence-corrected chi connectivity index (χ3v) is 4.79. The van der Waals surface area contributed by atoms with E-state index in [0.29, 0.717) is 0 Å². The van der Waals surface area contributed by atoms with Gasteiger partial charge in [0.2, 0.25) is 0 Å². The fourth-order valence-electron chi connectivity index (χ4n) is 3.84. The first-order valence-corrected chi connectivity index (χ1v) is 7.22. The Hall–Kier alpha value is -0.860. The van der Waals surface area contributed by atoms with Crippen molar-refractivity contribution in [1.82, 2.24) is 4.90 Å². The molecule has 0 bridgehead atoms. The van der Waals surface area contributed by atoms with Gasteiger partial charge in [-0.3, -0.25) is 0 Å². The van der Waals surface area contributed by atoms with Crippen LogP contribution in [0.25, 0.3) is 0 Å². The molecule has 2 aliphatic rings. The topological polar surface area (TPSA) is 29.3 Å². The van der Waals surface area contributed by atoms with Gasteiger partial charge in [-0.25, -0.2) is 0 Å². The highest BCUT2D eigenvalue weighted by Gasteiger charge is 2.38. The number of benzene rings is 1. The summed E-state index contributed by atoms with van der Waals surface area (Å²) >= 11 is 0. The average Bonchev–Trinajstić information content (AvgIpc) is 2.90. The molecule has 0 spiro atoms. The second-order valence-electron chi connectivity index (χ2n) is 6.43. The molecule has 1 saturated carbocycles. The summed E-state index contributed by atoms with van der Waals surface area (Å²) < 4.78 is 0. The lowest BCUT2D eigenvalue weighted by Gasteiger charge is -2.31.